The fourth-order valence-corrected chi connectivity index (χ4v) is 1.89. The maximum Gasteiger partial charge on any atom is 1.00 e. The molecule has 3 heteroatoms. The molecular formula is C10H19NaO2. The van der Waals surface area contributed by atoms with Gasteiger partial charge in [-0.25, -0.2) is 0 Å². The zero-order valence-electron chi connectivity index (χ0n) is 9.73. The number of carbonyl (C=O) groups is 1. The van der Waals surface area contributed by atoms with Gasteiger partial charge in [0.05, 0.1) is 0 Å². The molecule has 0 atom stereocenters. The molecule has 0 amide bonds. The molecule has 2 nitrogen and oxygen atoms in total. The molecule has 0 aliphatic rings. The maximum absolute atomic E-state index is 10.4. The molecule has 0 radical (unpaired) electrons. The summed E-state index contributed by atoms with van der Waals surface area (Å²) in [4.78, 5) is 10.4. The van der Waals surface area contributed by atoms with E-state index < -0.39 is 5.97 Å². The molecule has 0 saturated carbocycles. The Morgan fingerprint density at radius 2 is 1.54 bits per heavy atom. The van der Waals surface area contributed by atoms with Gasteiger partial charge in [-0.15, -0.1) is 0 Å². The first-order valence-corrected chi connectivity index (χ1v) is 4.32. The van der Waals surface area contributed by atoms with E-state index in [0.29, 0.717) is 0 Å². The number of hydrogen-bond acceptors (Lipinski definition) is 2. The van der Waals surface area contributed by atoms with Crippen LogP contribution in [0.2, 0.25) is 0 Å². The van der Waals surface area contributed by atoms with Crippen LogP contribution in [-0.4, -0.2) is 5.97 Å². The fraction of sp³-hybridized carbons (Fsp3) is 0.900. The second-order valence-corrected chi connectivity index (χ2v) is 5.45. The standard InChI is InChI=1S/C10H20O2.Na/c1-9(2,3)7-10(4,5)6-8(11)12;/h6-7H2,1-5H3,(H,11,12);/q;+1/p-1. The molecule has 0 heterocycles. The second kappa shape index (κ2) is 5.38. The minimum Gasteiger partial charge on any atom is -0.550 e. The molecule has 0 aromatic carbocycles. The number of carboxylic acid groups (broad SMARTS) is 1. The molecule has 0 aromatic heterocycles. The summed E-state index contributed by atoms with van der Waals surface area (Å²) in [5.41, 5.74) is 0.0238. The van der Waals surface area contributed by atoms with Crippen LogP contribution in [0.1, 0.15) is 47.5 Å². The molecule has 0 spiro atoms. The van der Waals surface area contributed by atoms with Gasteiger partial charge >= 0.3 is 29.6 Å². The van der Waals surface area contributed by atoms with Gasteiger partial charge in [-0.2, -0.15) is 0 Å². The van der Waals surface area contributed by atoms with Gasteiger partial charge in [0.15, 0.2) is 0 Å². The molecule has 72 valence electrons. The van der Waals surface area contributed by atoms with Gasteiger partial charge in [-0.05, 0) is 23.7 Å². The molecule has 13 heavy (non-hydrogen) atoms. The Labute approximate surface area is 103 Å². The van der Waals surface area contributed by atoms with Crippen molar-refractivity contribution in [2.24, 2.45) is 10.8 Å². The first-order chi connectivity index (χ1) is 5.12. The summed E-state index contributed by atoms with van der Waals surface area (Å²) in [6, 6.07) is 0. The van der Waals surface area contributed by atoms with E-state index in [1.54, 1.807) is 0 Å². The number of carbonyl (C=O) groups excluding carboxylic acids is 1. The third-order valence-electron chi connectivity index (χ3n) is 1.63. The SMILES string of the molecule is CC(C)(C)CC(C)(C)CC(=O)[O-].[Na+]. The van der Waals surface area contributed by atoms with Crippen molar-refractivity contribution < 1.29 is 39.5 Å². The average molecular weight is 194 g/mol. The number of rotatable bonds is 3. The van der Waals surface area contributed by atoms with Crippen LogP contribution < -0.4 is 34.7 Å². The molecule has 0 unspecified atom stereocenters. The number of carboxylic acids is 1. The van der Waals surface area contributed by atoms with Crippen LogP contribution in [0.15, 0.2) is 0 Å². The Balaban J connectivity index is 0. The topological polar surface area (TPSA) is 40.1 Å². The van der Waals surface area contributed by atoms with Crippen LogP contribution in [0.25, 0.3) is 0 Å². The van der Waals surface area contributed by atoms with Crippen molar-refractivity contribution in [3.8, 4) is 0 Å². The van der Waals surface area contributed by atoms with Crippen LogP contribution in [0.4, 0.5) is 0 Å². The Morgan fingerprint density at radius 3 is 1.77 bits per heavy atom. The fourth-order valence-electron chi connectivity index (χ4n) is 1.89. The summed E-state index contributed by atoms with van der Waals surface area (Å²) in [6.45, 7) is 10.3. The minimum atomic E-state index is -0.954. The van der Waals surface area contributed by atoms with Crippen LogP contribution in [0, 0.1) is 10.8 Å². The van der Waals surface area contributed by atoms with Crippen molar-refractivity contribution in [3.63, 3.8) is 0 Å². The molecule has 0 aliphatic carbocycles. The summed E-state index contributed by atoms with van der Waals surface area (Å²) in [5.74, 6) is -0.954. The summed E-state index contributed by atoms with van der Waals surface area (Å²) in [7, 11) is 0. The molecule has 0 fully saturated rings. The van der Waals surface area contributed by atoms with Crippen molar-refractivity contribution in [1.82, 2.24) is 0 Å². The molecular weight excluding hydrogens is 175 g/mol. The Bertz CT molecular complexity index is 168. The maximum atomic E-state index is 10.4. The third-order valence-corrected chi connectivity index (χ3v) is 1.63. The van der Waals surface area contributed by atoms with Crippen molar-refractivity contribution >= 4 is 5.97 Å². The molecule has 0 aromatic rings. The largest absolute Gasteiger partial charge is 1.00 e. The van der Waals surface area contributed by atoms with E-state index in [1.807, 2.05) is 13.8 Å². The predicted octanol–water partition coefficient (Wildman–Crippen LogP) is -1.41. The van der Waals surface area contributed by atoms with Gasteiger partial charge in [0.2, 0.25) is 0 Å². The zero-order chi connectivity index (χ0) is 9.99. The van der Waals surface area contributed by atoms with E-state index in [4.69, 9.17) is 0 Å². The molecule has 0 rings (SSSR count). The molecule has 0 bridgehead atoms. The minimum absolute atomic E-state index is 0. The van der Waals surface area contributed by atoms with Gasteiger partial charge in [0.25, 0.3) is 0 Å². The van der Waals surface area contributed by atoms with E-state index in [1.165, 1.54) is 0 Å². The quantitative estimate of drug-likeness (QED) is 0.518. The monoisotopic (exact) mass is 194 g/mol. The van der Waals surface area contributed by atoms with Crippen molar-refractivity contribution in [2.45, 2.75) is 47.5 Å². The van der Waals surface area contributed by atoms with Gasteiger partial charge in [0.1, 0.15) is 0 Å². The Hall–Kier alpha value is 0.470. The summed E-state index contributed by atoms with van der Waals surface area (Å²) >= 11 is 0. The van der Waals surface area contributed by atoms with Crippen molar-refractivity contribution in [2.75, 3.05) is 0 Å². The van der Waals surface area contributed by atoms with E-state index in [9.17, 15) is 9.90 Å². The van der Waals surface area contributed by atoms with Gasteiger partial charge in [-0.1, -0.05) is 34.6 Å². The van der Waals surface area contributed by atoms with Crippen LogP contribution >= 0.6 is 0 Å². The van der Waals surface area contributed by atoms with Crippen LogP contribution in [0.3, 0.4) is 0 Å². The van der Waals surface area contributed by atoms with Crippen LogP contribution in [-0.2, 0) is 4.79 Å². The number of aliphatic carboxylic acids is 1. The normalized spacial score (nSPS) is 12.1. The first-order valence-electron chi connectivity index (χ1n) is 4.32. The smallest absolute Gasteiger partial charge is 0.550 e. The Morgan fingerprint density at radius 1 is 1.15 bits per heavy atom. The summed E-state index contributed by atoms with van der Waals surface area (Å²) < 4.78 is 0. The van der Waals surface area contributed by atoms with Gasteiger partial charge in [0, 0.05) is 5.97 Å². The summed E-state index contributed by atoms with van der Waals surface area (Å²) in [6.07, 6.45) is 1.04. The first kappa shape index (κ1) is 15.9. The second-order valence-electron chi connectivity index (χ2n) is 5.45. The number of hydrogen-bond donors (Lipinski definition) is 0. The Kier molecular flexibility index (Phi) is 6.58. The predicted molar refractivity (Wildman–Crippen MR) is 47.5 cm³/mol. The van der Waals surface area contributed by atoms with Gasteiger partial charge in [-0.3, -0.25) is 0 Å². The van der Waals surface area contributed by atoms with Crippen molar-refractivity contribution in [3.05, 3.63) is 0 Å². The molecule has 0 saturated heterocycles. The van der Waals surface area contributed by atoms with Crippen molar-refractivity contribution in [1.29, 1.82) is 0 Å². The van der Waals surface area contributed by atoms with E-state index >= 15 is 0 Å². The molecule has 0 aliphatic heterocycles. The van der Waals surface area contributed by atoms with E-state index in [0.717, 1.165) is 6.42 Å². The van der Waals surface area contributed by atoms with E-state index in [-0.39, 0.29) is 46.8 Å². The van der Waals surface area contributed by atoms with Crippen LogP contribution in [0.5, 0.6) is 0 Å². The zero-order valence-corrected chi connectivity index (χ0v) is 11.7. The third kappa shape index (κ3) is 10.4. The summed E-state index contributed by atoms with van der Waals surface area (Å²) in [5, 5.41) is 10.4. The molecule has 0 N–H and O–H groups in total. The van der Waals surface area contributed by atoms with E-state index in [2.05, 4.69) is 20.8 Å². The van der Waals surface area contributed by atoms with Gasteiger partial charge < -0.3 is 9.90 Å². The average Bonchev–Trinajstić information content (AvgIpc) is 1.48.